The molecule has 0 aromatic heterocycles. The van der Waals surface area contributed by atoms with Crippen LogP contribution in [0.5, 0.6) is 0 Å². The maximum Gasteiger partial charge on any atom is 0.251 e. The Hall–Kier alpha value is -1.84. The van der Waals surface area contributed by atoms with Crippen molar-refractivity contribution in [3.05, 3.63) is 29.8 Å². The van der Waals surface area contributed by atoms with E-state index in [0.29, 0.717) is 12.8 Å². The molecule has 19 heavy (non-hydrogen) atoms. The zero-order chi connectivity index (χ0) is 14.5. The Labute approximate surface area is 113 Å². The van der Waals surface area contributed by atoms with E-state index >= 15 is 0 Å². The van der Waals surface area contributed by atoms with Crippen molar-refractivity contribution in [2.24, 2.45) is 5.14 Å². The van der Waals surface area contributed by atoms with E-state index in [9.17, 15) is 13.2 Å². The summed E-state index contributed by atoms with van der Waals surface area (Å²) in [5.41, 5.74) is 0.238. The van der Waals surface area contributed by atoms with Crippen molar-refractivity contribution in [2.75, 3.05) is 0 Å². The maximum absolute atomic E-state index is 12.0. The first kappa shape index (κ1) is 15.2. The number of nitrogens with one attached hydrogen (secondary N) is 1. The van der Waals surface area contributed by atoms with E-state index in [1.807, 2.05) is 6.92 Å². The van der Waals surface area contributed by atoms with Gasteiger partial charge < -0.3 is 5.32 Å². The Balaban J connectivity index is 2.92. The summed E-state index contributed by atoms with van der Waals surface area (Å²) >= 11 is 0. The predicted octanol–water partition coefficient (Wildman–Crippen LogP) is 0.866. The van der Waals surface area contributed by atoms with E-state index in [0.717, 1.165) is 0 Å². The van der Waals surface area contributed by atoms with Crippen molar-refractivity contribution < 1.29 is 13.2 Å². The third-order valence-electron chi connectivity index (χ3n) is 2.62. The molecule has 1 aromatic carbocycles. The molecule has 0 saturated heterocycles. The standard InChI is InChI=1S/C13H16N2O3S/c1-3-6-11(4-2)15-13(16)10-7-5-8-12(9-10)19(14,17)18/h1,5,7-9,11H,4,6H2,2H3,(H,15,16)(H2,14,17,18). The molecule has 0 spiro atoms. The van der Waals surface area contributed by atoms with Crippen LogP contribution in [0, 0.1) is 12.3 Å². The summed E-state index contributed by atoms with van der Waals surface area (Å²) in [6.07, 6.45) is 6.33. The van der Waals surface area contributed by atoms with Gasteiger partial charge in [-0.2, -0.15) is 0 Å². The quantitative estimate of drug-likeness (QED) is 0.784. The summed E-state index contributed by atoms with van der Waals surface area (Å²) < 4.78 is 22.4. The molecule has 0 heterocycles. The van der Waals surface area contributed by atoms with Crippen molar-refractivity contribution in [1.82, 2.24) is 5.32 Å². The number of nitrogens with two attached hydrogens (primary N) is 1. The molecule has 1 amide bonds. The molecule has 0 aliphatic heterocycles. The van der Waals surface area contributed by atoms with Crippen LogP contribution in [0.1, 0.15) is 30.1 Å². The first-order valence-corrected chi connectivity index (χ1v) is 7.30. The molecule has 1 unspecified atom stereocenters. The second-order valence-electron chi connectivity index (χ2n) is 4.06. The van der Waals surface area contributed by atoms with Gasteiger partial charge in [-0.05, 0) is 24.6 Å². The highest BCUT2D eigenvalue weighted by Gasteiger charge is 2.14. The molecular weight excluding hydrogens is 264 g/mol. The molecule has 1 rings (SSSR count). The van der Waals surface area contributed by atoms with Gasteiger partial charge in [-0.25, -0.2) is 13.6 Å². The molecule has 5 nitrogen and oxygen atoms in total. The van der Waals surface area contributed by atoms with Crippen molar-refractivity contribution in [1.29, 1.82) is 0 Å². The minimum atomic E-state index is -3.82. The largest absolute Gasteiger partial charge is 0.348 e. The predicted molar refractivity (Wildman–Crippen MR) is 72.8 cm³/mol. The number of rotatable bonds is 5. The van der Waals surface area contributed by atoms with Crippen LogP contribution in [0.4, 0.5) is 0 Å². The summed E-state index contributed by atoms with van der Waals surface area (Å²) in [6.45, 7) is 1.91. The van der Waals surface area contributed by atoms with Crippen LogP contribution in [-0.2, 0) is 10.0 Å². The van der Waals surface area contributed by atoms with Gasteiger partial charge in [0.25, 0.3) is 5.91 Å². The maximum atomic E-state index is 12.0. The van der Waals surface area contributed by atoms with E-state index in [1.54, 1.807) is 0 Å². The minimum Gasteiger partial charge on any atom is -0.348 e. The van der Waals surface area contributed by atoms with E-state index in [2.05, 4.69) is 11.2 Å². The molecule has 0 radical (unpaired) electrons. The second kappa shape index (κ2) is 6.36. The molecule has 0 bridgehead atoms. The number of hydrogen-bond acceptors (Lipinski definition) is 3. The lowest BCUT2D eigenvalue weighted by Gasteiger charge is -2.14. The highest BCUT2D eigenvalue weighted by Crippen LogP contribution is 2.10. The molecule has 102 valence electrons. The summed E-state index contributed by atoms with van der Waals surface area (Å²) in [5, 5.41) is 7.76. The normalized spacial score (nSPS) is 12.5. The van der Waals surface area contributed by atoms with Crippen LogP contribution in [0.3, 0.4) is 0 Å². The Morgan fingerprint density at radius 3 is 2.74 bits per heavy atom. The summed E-state index contributed by atoms with van der Waals surface area (Å²) in [5.74, 6) is 2.11. The lowest BCUT2D eigenvalue weighted by Crippen LogP contribution is -2.34. The number of carbonyl (C=O) groups is 1. The van der Waals surface area contributed by atoms with Crippen LogP contribution in [0.25, 0.3) is 0 Å². The van der Waals surface area contributed by atoms with Crippen LogP contribution >= 0.6 is 0 Å². The fourth-order valence-electron chi connectivity index (χ4n) is 1.52. The van der Waals surface area contributed by atoms with E-state index in [4.69, 9.17) is 11.6 Å². The van der Waals surface area contributed by atoms with Crippen molar-refractivity contribution in [2.45, 2.75) is 30.7 Å². The van der Waals surface area contributed by atoms with Gasteiger partial charge in [-0.3, -0.25) is 4.79 Å². The van der Waals surface area contributed by atoms with Gasteiger partial charge in [-0.15, -0.1) is 12.3 Å². The highest BCUT2D eigenvalue weighted by molar-refractivity contribution is 7.89. The smallest absolute Gasteiger partial charge is 0.251 e. The molecule has 1 aromatic rings. The van der Waals surface area contributed by atoms with Crippen LogP contribution < -0.4 is 10.5 Å². The number of amides is 1. The molecule has 0 aliphatic rings. The van der Waals surface area contributed by atoms with E-state index in [1.165, 1.54) is 24.3 Å². The number of sulfonamides is 1. The molecule has 1 atom stereocenters. The molecule has 0 fully saturated rings. The SMILES string of the molecule is C#CCC(CC)NC(=O)c1cccc(S(N)(=O)=O)c1. The van der Waals surface area contributed by atoms with Gasteiger partial charge in [0.05, 0.1) is 4.90 Å². The zero-order valence-corrected chi connectivity index (χ0v) is 11.4. The Kier molecular flexibility index (Phi) is 5.10. The van der Waals surface area contributed by atoms with Gasteiger partial charge in [0.2, 0.25) is 10.0 Å². The lowest BCUT2D eigenvalue weighted by atomic mass is 10.1. The van der Waals surface area contributed by atoms with Gasteiger partial charge in [0.1, 0.15) is 0 Å². The summed E-state index contributed by atoms with van der Waals surface area (Å²) in [6, 6.07) is 5.44. The second-order valence-corrected chi connectivity index (χ2v) is 5.62. The Morgan fingerprint density at radius 1 is 1.53 bits per heavy atom. The van der Waals surface area contributed by atoms with Crippen molar-refractivity contribution in [3.8, 4) is 12.3 Å². The first-order chi connectivity index (χ1) is 8.88. The van der Waals surface area contributed by atoms with Crippen LogP contribution in [-0.4, -0.2) is 20.4 Å². The third-order valence-corrected chi connectivity index (χ3v) is 3.53. The molecule has 6 heteroatoms. The molecule has 3 N–H and O–H groups in total. The number of hydrogen-bond donors (Lipinski definition) is 2. The Morgan fingerprint density at radius 2 is 2.21 bits per heavy atom. The average Bonchev–Trinajstić information content (AvgIpc) is 2.37. The number of terminal acetylenes is 1. The van der Waals surface area contributed by atoms with Gasteiger partial charge in [0, 0.05) is 18.0 Å². The van der Waals surface area contributed by atoms with E-state index in [-0.39, 0.29) is 22.4 Å². The zero-order valence-electron chi connectivity index (χ0n) is 10.6. The van der Waals surface area contributed by atoms with Crippen molar-refractivity contribution >= 4 is 15.9 Å². The fourth-order valence-corrected chi connectivity index (χ4v) is 2.08. The summed E-state index contributed by atoms with van der Waals surface area (Å²) in [4.78, 5) is 11.9. The monoisotopic (exact) mass is 280 g/mol. The number of benzene rings is 1. The van der Waals surface area contributed by atoms with E-state index < -0.39 is 10.0 Å². The molecule has 0 saturated carbocycles. The number of carbonyl (C=O) groups excluding carboxylic acids is 1. The Bertz CT molecular complexity index is 603. The minimum absolute atomic E-state index is 0.0925. The fraction of sp³-hybridized carbons (Fsp3) is 0.308. The van der Waals surface area contributed by atoms with Gasteiger partial charge in [0.15, 0.2) is 0 Å². The third kappa shape index (κ3) is 4.39. The van der Waals surface area contributed by atoms with Crippen molar-refractivity contribution in [3.63, 3.8) is 0 Å². The summed E-state index contributed by atoms with van der Waals surface area (Å²) in [7, 11) is -3.82. The topological polar surface area (TPSA) is 89.3 Å². The molecular formula is C13H16N2O3S. The van der Waals surface area contributed by atoms with Crippen LogP contribution in [0.2, 0.25) is 0 Å². The van der Waals surface area contributed by atoms with Gasteiger partial charge in [-0.1, -0.05) is 13.0 Å². The average molecular weight is 280 g/mol. The number of primary sulfonamides is 1. The van der Waals surface area contributed by atoms with Gasteiger partial charge >= 0.3 is 0 Å². The lowest BCUT2D eigenvalue weighted by molar-refractivity contribution is 0.0936. The molecule has 0 aliphatic carbocycles. The van der Waals surface area contributed by atoms with Crippen LogP contribution in [0.15, 0.2) is 29.2 Å². The highest BCUT2D eigenvalue weighted by atomic mass is 32.2. The first-order valence-electron chi connectivity index (χ1n) is 5.75.